The second-order valence-corrected chi connectivity index (χ2v) is 3.91. The molecule has 0 fully saturated rings. The highest BCUT2D eigenvalue weighted by Gasteiger charge is 2.12. The number of aldehydes is 1. The number of hydrogen-bond donors (Lipinski definition) is 1. The molecule has 0 aromatic heterocycles. The van der Waals surface area contributed by atoms with Gasteiger partial charge in [-0.3, -0.25) is 0 Å². The number of phenolic OH excluding ortho intramolecular Hbond substituents is 1. The van der Waals surface area contributed by atoms with Crippen molar-refractivity contribution in [2.24, 2.45) is 11.8 Å². The summed E-state index contributed by atoms with van der Waals surface area (Å²) in [5.74, 6) is 0.696. The third-order valence-electron chi connectivity index (χ3n) is 2.44. The van der Waals surface area contributed by atoms with E-state index in [0.717, 1.165) is 18.3 Å². The standard InChI is InChI=1S/C12H16O2/c1-9(2)11(8-13)7-10-3-5-12(14)6-4-10/h3-6,8-9,11,14H,7H2,1-2H3. The highest BCUT2D eigenvalue weighted by atomic mass is 16.3. The summed E-state index contributed by atoms with van der Waals surface area (Å²) in [5.41, 5.74) is 1.09. The summed E-state index contributed by atoms with van der Waals surface area (Å²) in [7, 11) is 0. The Bertz CT molecular complexity index is 288. The van der Waals surface area contributed by atoms with E-state index in [4.69, 9.17) is 5.11 Å². The molecule has 0 heterocycles. The largest absolute Gasteiger partial charge is 0.508 e. The fraction of sp³-hybridized carbons (Fsp3) is 0.417. The number of benzene rings is 1. The molecule has 1 atom stereocenters. The molecule has 1 aromatic carbocycles. The van der Waals surface area contributed by atoms with E-state index in [1.54, 1.807) is 12.1 Å². The summed E-state index contributed by atoms with van der Waals surface area (Å²) >= 11 is 0. The predicted octanol–water partition coefficient (Wildman–Crippen LogP) is 2.41. The minimum atomic E-state index is 0.0690. The fourth-order valence-electron chi connectivity index (χ4n) is 1.35. The van der Waals surface area contributed by atoms with Gasteiger partial charge >= 0.3 is 0 Å². The maximum absolute atomic E-state index is 10.8. The number of phenols is 1. The molecule has 1 rings (SSSR count). The minimum Gasteiger partial charge on any atom is -0.508 e. The van der Waals surface area contributed by atoms with Crippen molar-refractivity contribution < 1.29 is 9.90 Å². The summed E-state index contributed by atoms with van der Waals surface area (Å²) in [5, 5.41) is 9.09. The Kier molecular flexibility index (Phi) is 3.69. The fourth-order valence-corrected chi connectivity index (χ4v) is 1.35. The minimum absolute atomic E-state index is 0.0690. The molecule has 76 valence electrons. The van der Waals surface area contributed by atoms with Crippen LogP contribution in [0.25, 0.3) is 0 Å². The number of aromatic hydroxyl groups is 1. The summed E-state index contributed by atoms with van der Waals surface area (Å²) in [6, 6.07) is 7.01. The summed E-state index contributed by atoms with van der Waals surface area (Å²) in [6.07, 6.45) is 1.76. The van der Waals surface area contributed by atoms with Crippen LogP contribution < -0.4 is 0 Å². The zero-order valence-electron chi connectivity index (χ0n) is 8.60. The second-order valence-electron chi connectivity index (χ2n) is 3.91. The van der Waals surface area contributed by atoms with Gasteiger partial charge in [-0.2, -0.15) is 0 Å². The highest BCUT2D eigenvalue weighted by Crippen LogP contribution is 2.17. The van der Waals surface area contributed by atoms with Crippen LogP contribution in [-0.2, 0) is 11.2 Å². The van der Waals surface area contributed by atoms with Crippen LogP contribution in [0.15, 0.2) is 24.3 Å². The molecule has 1 unspecified atom stereocenters. The first kappa shape index (κ1) is 10.8. The van der Waals surface area contributed by atoms with Crippen LogP contribution in [0.3, 0.4) is 0 Å². The molecule has 0 aliphatic carbocycles. The first-order valence-electron chi connectivity index (χ1n) is 4.86. The topological polar surface area (TPSA) is 37.3 Å². The summed E-state index contributed by atoms with van der Waals surface area (Å²) in [4.78, 5) is 10.8. The van der Waals surface area contributed by atoms with E-state index >= 15 is 0 Å². The molecule has 0 amide bonds. The van der Waals surface area contributed by atoms with E-state index in [-0.39, 0.29) is 11.7 Å². The molecule has 0 aliphatic rings. The summed E-state index contributed by atoms with van der Waals surface area (Å²) in [6.45, 7) is 4.08. The van der Waals surface area contributed by atoms with Crippen LogP contribution in [-0.4, -0.2) is 11.4 Å². The van der Waals surface area contributed by atoms with E-state index in [2.05, 4.69) is 0 Å². The van der Waals surface area contributed by atoms with E-state index in [1.165, 1.54) is 0 Å². The maximum Gasteiger partial charge on any atom is 0.123 e. The quantitative estimate of drug-likeness (QED) is 0.744. The number of carbonyl (C=O) groups is 1. The van der Waals surface area contributed by atoms with Gasteiger partial charge < -0.3 is 9.90 Å². The van der Waals surface area contributed by atoms with E-state index in [0.29, 0.717) is 5.92 Å². The molecular formula is C12H16O2. The molecule has 0 saturated carbocycles. The lowest BCUT2D eigenvalue weighted by molar-refractivity contribution is -0.112. The van der Waals surface area contributed by atoms with Gasteiger partial charge in [0.2, 0.25) is 0 Å². The average molecular weight is 192 g/mol. The molecule has 14 heavy (non-hydrogen) atoms. The van der Waals surface area contributed by atoms with Crippen LogP contribution in [0, 0.1) is 11.8 Å². The Labute approximate surface area is 84.6 Å². The molecule has 0 radical (unpaired) electrons. The van der Waals surface area contributed by atoms with Crippen LogP contribution in [0.5, 0.6) is 5.75 Å². The first-order chi connectivity index (χ1) is 6.63. The summed E-state index contributed by atoms with van der Waals surface area (Å²) < 4.78 is 0. The van der Waals surface area contributed by atoms with Crippen molar-refractivity contribution in [3.05, 3.63) is 29.8 Å². The van der Waals surface area contributed by atoms with Crippen molar-refractivity contribution in [1.82, 2.24) is 0 Å². The van der Waals surface area contributed by atoms with E-state index in [9.17, 15) is 4.79 Å². The molecule has 1 N–H and O–H groups in total. The van der Waals surface area contributed by atoms with Crippen molar-refractivity contribution in [2.75, 3.05) is 0 Å². The molecule has 0 bridgehead atoms. The van der Waals surface area contributed by atoms with Crippen molar-refractivity contribution in [1.29, 1.82) is 0 Å². The van der Waals surface area contributed by atoms with E-state index < -0.39 is 0 Å². The van der Waals surface area contributed by atoms with Crippen LogP contribution in [0.1, 0.15) is 19.4 Å². The van der Waals surface area contributed by atoms with Gasteiger partial charge in [0.1, 0.15) is 12.0 Å². The lowest BCUT2D eigenvalue weighted by Gasteiger charge is -2.13. The van der Waals surface area contributed by atoms with Gasteiger partial charge in [-0.15, -0.1) is 0 Å². The van der Waals surface area contributed by atoms with Gasteiger partial charge in [-0.05, 0) is 30.0 Å². The van der Waals surface area contributed by atoms with Gasteiger partial charge in [0.25, 0.3) is 0 Å². The van der Waals surface area contributed by atoms with Crippen molar-refractivity contribution in [3.8, 4) is 5.75 Å². The maximum atomic E-state index is 10.8. The van der Waals surface area contributed by atoms with Crippen molar-refractivity contribution in [2.45, 2.75) is 20.3 Å². The molecule has 2 heteroatoms. The number of rotatable bonds is 4. The first-order valence-corrected chi connectivity index (χ1v) is 4.86. The predicted molar refractivity (Wildman–Crippen MR) is 56.2 cm³/mol. The lowest BCUT2D eigenvalue weighted by atomic mass is 9.91. The van der Waals surface area contributed by atoms with Crippen LogP contribution in [0.2, 0.25) is 0 Å². The monoisotopic (exact) mass is 192 g/mol. The normalized spacial score (nSPS) is 12.8. The number of hydrogen-bond acceptors (Lipinski definition) is 2. The smallest absolute Gasteiger partial charge is 0.123 e. The molecule has 1 aromatic rings. The zero-order valence-corrected chi connectivity index (χ0v) is 8.60. The third kappa shape index (κ3) is 2.87. The van der Waals surface area contributed by atoms with Crippen molar-refractivity contribution in [3.63, 3.8) is 0 Å². The highest BCUT2D eigenvalue weighted by molar-refractivity contribution is 5.54. The Balaban J connectivity index is 2.67. The van der Waals surface area contributed by atoms with Gasteiger partial charge in [0, 0.05) is 5.92 Å². The SMILES string of the molecule is CC(C)C(C=O)Cc1ccc(O)cc1. The van der Waals surface area contributed by atoms with Crippen molar-refractivity contribution >= 4 is 6.29 Å². The third-order valence-corrected chi connectivity index (χ3v) is 2.44. The zero-order chi connectivity index (χ0) is 10.6. The van der Waals surface area contributed by atoms with Gasteiger partial charge in [-0.25, -0.2) is 0 Å². The average Bonchev–Trinajstić information content (AvgIpc) is 2.16. The second kappa shape index (κ2) is 4.80. The van der Waals surface area contributed by atoms with Crippen LogP contribution >= 0.6 is 0 Å². The Morgan fingerprint density at radius 2 is 1.86 bits per heavy atom. The molecule has 0 aliphatic heterocycles. The molecular weight excluding hydrogens is 176 g/mol. The van der Waals surface area contributed by atoms with Gasteiger partial charge in [0.15, 0.2) is 0 Å². The van der Waals surface area contributed by atoms with Gasteiger partial charge in [-0.1, -0.05) is 26.0 Å². The number of carbonyl (C=O) groups excluding carboxylic acids is 1. The van der Waals surface area contributed by atoms with E-state index in [1.807, 2.05) is 26.0 Å². The Morgan fingerprint density at radius 3 is 2.29 bits per heavy atom. The Morgan fingerprint density at radius 1 is 1.29 bits per heavy atom. The lowest BCUT2D eigenvalue weighted by Crippen LogP contribution is -2.13. The Hall–Kier alpha value is -1.31. The molecule has 0 spiro atoms. The van der Waals surface area contributed by atoms with Gasteiger partial charge in [0.05, 0.1) is 0 Å². The molecule has 0 saturated heterocycles. The van der Waals surface area contributed by atoms with Crippen LogP contribution in [0.4, 0.5) is 0 Å². The molecule has 2 nitrogen and oxygen atoms in total.